The SMILES string of the molecule is CC(C)=CCNCC(C)(C)CN(C)C. The molecule has 0 aliphatic rings. The summed E-state index contributed by atoms with van der Waals surface area (Å²) in [5.41, 5.74) is 1.72. The summed E-state index contributed by atoms with van der Waals surface area (Å²) in [5, 5.41) is 3.46. The van der Waals surface area contributed by atoms with Gasteiger partial charge in [-0.15, -0.1) is 0 Å². The van der Waals surface area contributed by atoms with E-state index in [4.69, 9.17) is 0 Å². The van der Waals surface area contributed by atoms with Crippen molar-refractivity contribution in [3.05, 3.63) is 11.6 Å². The van der Waals surface area contributed by atoms with Gasteiger partial charge in [-0.2, -0.15) is 0 Å². The van der Waals surface area contributed by atoms with Gasteiger partial charge >= 0.3 is 0 Å². The third-order valence-electron chi connectivity index (χ3n) is 2.00. The molecule has 0 radical (unpaired) electrons. The zero-order valence-electron chi connectivity index (χ0n) is 10.6. The van der Waals surface area contributed by atoms with Crippen molar-refractivity contribution in [3.8, 4) is 0 Å². The van der Waals surface area contributed by atoms with Crippen LogP contribution in [0.15, 0.2) is 11.6 Å². The van der Waals surface area contributed by atoms with Crippen molar-refractivity contribution in [1.82, 2.24) is 10.2 Å². The Bertz CT molecular complexity index is 177. The van der Waals surface area contributed by atoms with Gasteiger partial charge < -0.3 is 10.2 Å². The Morgan fingerprint density at radius 2 is 1.86 bits per heavy atom. The Balaban J connectivity index is 3.71. The van der Waals surface area contributed by atoms with Crippen LogP contribution in [0.25, 0.3) is 0 Å². The van der Waals surface area contributed by atoms with Crippen LogP contribution in [0.5, 0.6) is 0 Å². The molecule has 0 aliphatic carbocycles. The summed E-state index contributed by atoms with van der Waals surface area (Å²) in [7, 11) is 4.25. The van der Waals surface area contributed by atoms with E-state index in [1.807, 2.05) is 0 Å². The van der Waals surface area contributed by atoms with Crippen molar-refractivity contribution in [1.29, 1.82) is 0 Å². The molecule has 0 atom stereocenters. The third-order valence-corrected chi connectivity index (χ3v) is 2.00. The van der Waals surface area contributed by atoms with Crippen LogP contribution in [0.4, 0.5) is 0 Å². The van der Waals surface area contributed by atoms with E-state index >= 15 is 0 Å². The minimum absolute atomic E-state index is 0.346. The van der Waals surface area contributed by atoms with E-state index in [0.717, 1.165) is 19.6 Å². The van der Waals surface area contributed by atoms with E-state index in [9.17, 15) is 0 Å². The normalized spacial score (nSPS) is 11.9. The van der Waals surface area contributed by atoms with Crippen LogP contribution < -0.4 is 5.32 Å². The summed E-state index contributed by atoms with van der Waals surface area (Å²) in [6.07, 6.45) is 2.23. The van der Waals surface area contributed by atoms with E-state index in [1.54, 1.807) is 0 Å². The van der Waals surface area contributed by atoms with Gasteiger partial charge in [0.1, 0.15) is 0 Å². The molecule has 0 heterocycles. The first kappa shape index (κ1) is 13.7. The van der Waals surface area contributed by atoms with E-state index < -0.39 is 0 Å². The van der Waals surface area contributed by atoms with E-state index in [2.05, 4.69) is 58.1 Å². The predicted octanol–water partition coefficient (Wildman–Crippen LogP) is 2.13. The molecule has 0 aromatic heterocycles. The Hall–Kier alpha value is -0.340. The Kier molecular flexibility index (Phi) is 6.05. The van der Waals surface area contributed by atoms with Crippen molar-refractivity contribution in [2.45, 2.75) is 27.7 Å². The predicted molar refractivity (Wildman–Crippen MR) is 64.6 cm³/mol. The topological polar surface area (TPSA) is 15.3 Å². The molecule has 0 unspecified atom stereocenters. The maximum Gasteiger partial charge on any atom is 0.0137 e. The van der Waals surface area contributed by atoms with E-state index in [1.165, 1.54) is 5.57 Å². The molecule has 0 bridgehead atoms. The largest absolute Gasteiger partial charge is 0.313 e. The van der Waals surface area contributed by atoms with Crippen LogP contribution in [0, 0.1) is 5.41 Å². The molecule has 0 saturated carbocycles. The second-order valence-electron chi connectivity index (χ2n) is 5.31. The number of nitrogens with one attached hydrogen (secondary N) is 1. The van der Waals surface area contributed by atoms with Gasteiger partial charge in [-0.05, 0) is 33.4 Å². The molecule has 84 valence electrons. The molecular formula is C12H26N2. The zero-order chi connectivity index (χ0) is 11.2. The molecule has 0 aromatic rings. The summed E-state index contributed by atoms with van der Waals surface area (Å²) in [6, 6.07) is 0. The van der Waals surface area contributed by atoms with Crippen molar-refractivity contribution in [2.75, 3.05) is 33.7 Å². The second kappa shape index (κ2) is 6.20. The van der Waals surface area contributed by atoms with Gasteiger partial charge in [0.25, 0.3) is 0 Å². The molecular weight excluding hydrogens is 172 g/mol. The second-order valence-corrected chi connectivity index (χ2v) is 5.31. The standard InChI is InChI=1S/C12H26N2/c1-11(2)7-8-13-9-12(3,4)10-14(5)6/h7,13H,8-10H2,1-6H3. The molecule has 0 aliphatic heterocycles. The van der Waals surface area contributed by atoms with Gasteiger partial charge in [-0.1, -0.05) is 25.5 Å². The number of hydrogen-bond acceptors (Lipinski definition) is 2. The minimum atomic E-state index is 0.346. The first-order chi connectivity index (χ1) is 6.33. The Morgan fingerprint density at radius 3 is 2.29 bits per heavy atom. The lowest BCUT2D eigenvalue weighted by atomic mass is 9.93. The quantitative estimate of drug-likeness (QED) is 0.519. The molecule has 0 rings (SSSR count). The molecule has 1 N–H and O–H groups in total. The maximum atomic E-state index is 3.46. The van der Waals surface area contributed by atoms with Gasteiger partial charge in [0.05, 0.1) is 0 Å². The smallest absolute Gasteiger partial charge is 0.0137 e. The molecule has 14 heavy (non-hydrogen) atoms. The average Bonchev–Trinajstić information content (AvgIpc) is 1.95. The summed E-state index contributed by atoms with van der Waals surface area (Å²) in [6.45, 7) is 12.0. The highest BCUT2D eigenvalue weighted by molar-refractivity contribution is 4.94. The summed E-state index contributed by atoms with van der Waals surface area (Å²) in [4.78, 5) is 2.24. The Labute approximate surface area is 89.4 Å². The fourth-order valence-electron chi connectivity index (χ4n) is 1.60. The van der Waals surface area contributed by atoms with Gasteiger partial charge in [0.15, 0.2) is 0 Å². The maximum absolute atomic E-state index is 3.46. The van der Waals surface area contributed by atoms with Crippen molar-refractivity contribution >= 4 is 0 Å². The first-order valence-corrected chi connectivity index (χ1v) is 5.32. The lowest BCUT2D eigenvalue weighted by Gasteiger charge is -2.28. The highest BCUT2D eigenvalue weighted by Crippen LogP contribution is 2.13. The van der Waals surface area contributed by atoms with Crippen LogP contribution in [0.3, 0.4) is 0 Å². The minimum Gasteiger partial charge on any atom is -0.313 e. The van der Waals surface area contributed by atoms with Gasteiger partial charge in [0, 0.05) is 19.6 Å². The van der Waals surface area contributed by atoms with Crippen molar-refractivity contribution in [2.24, 2.45) is 5.41 Å². The lowest BCUT2D eigenvalue weighted by Crippen LogP contribution is -2.37. The van der Waals surface area contributed by atoms with Crippen LogP contribution in [-0.2, 0) is 0 Å². The van der Waals surface area contributed by atoms with Gasteiger partial charge in [0.2, 0.25) is 0 Å². The van der Waals surface area contributed by atoms with E-state index in [0.29, 0.717) is 5.41 Å². The lowest BCUT2D eigenvalue weighted by molar-refractivity contribution is 0.235. The zero-order valence-corrected chi connectivity index (χ0v) is 10.6. The monoisotopic (exact) mass is 198 g/mol. The molecule has 0 amide bonds. The average molecular weight is 198 g/mol. The highest BCUT2D eigenvalue weighted by Gasteiger charge is 2.17. The van der Waals surface area contributed by atoms with Crippen LogP contribution in [-0.4, -0.2) is 38.6 Å². The summed E-state index contributed by atoms with van der Waals surface area (Å²) < 4.78 is 0. The molecule has 2 heteroatoms. The highest BCUT2D eigenvalue weighted by atomic mass is 15.1. The number of allylic oxidation sites excluding steroid dienone is 1. The number of hydrogen-bond donors (Lipinski definition) is 1. The third kappa shape index (κ3) is 8.27. The van der Waals surface area contributed by atoms with Crippen molar-refractivity contribution < 1.29 is 0 Å². The van der Waals surface area contributed by atoms with Crippen LogP contribution in [0.2, 0.25) is 0 Å². The fourth-order valence-corrected chi connectivity index (χ4v) is 1.60. The molecule has 0 fully saturated rings. The summed E-state index contributed by atoms with van der Waals surface area (Å²) >= 11 is 0. The van der Waals surface area contributed by atoms with Crippen molar-refractivity contribution in [3.63, 3.8) is 0 Å². The molecule has 0 spiro atoms. The summed E-state index contributed by atoms with van der Waals surface area (Å²) in [5.74, 6) is 0. The fraction of sp³-hybridized carbons (Fsp3) is 0.833. The van der Waals surface area contributed by atoms with E-state index in [-0.39, 0.29) is 0 Å². The number of rotatable bonds is 6. The first-order valence-electron chi connectivity index (χ1n) is 5.32. The number of nitrogens with zero attached hydrogens (tertiary/aromatic N) is 1. The molecule has 0 aromatic carbocycles. The van der Waals surface area contributed by atoms with Gasteiger partial charge in [-0.3, -0.25) is 0 Å². The Morgan fingerprint density at radius 1 is 1.29 bits per heavy atom. The van der Waals surface area contributed by atoms with Crippen LogP contribution in [0.1, 0.15) is 27.7 Å². The van der Waals surface area contributed by atoms with Gasteiger partial charge in [-0.25, -0.2) is 0 Å². The molecule has 0 saturated heterocycles. The molecule has 2 nitrogen and oxygen atoms in total. The van der Waals surface area contributed by atoms with Crippen LogP contribution >= 0.6 is 0 Å².